The Labute approximate surface area is 162 Å². The summed E-state index contributed by atoms with van der Waals surface area (Å²) in [5.74, 6) is -0.432. The highest BCUT2D eigenvalue weighted by atomic mass is 16.3. The Hall–Kier alpha value is -3.85. The first-order chi connectivity index (χ1) is 13.7. The van der Waals surface area contributed by atoms with Gasteiger partial charge >= 0.3 is 0 Å². The molecule has 0 spiro atoms. The number of nitrogens with one attached hydrogen (secondary N) is 1. The maximum Gasteiger partial charge on any atom is 0.290 e. The molecule has 0 unspecified atom stereocenters. The number of fused-ring (bicyclic) bond motifs is 1. The average Bonchev–Trinajstić information content (AvgIpc) is 3.27. The number of carbonyl (C=O) groups excluding carboxylic acids is 2. The summed E-state index contributed by atoms with van der Waals surface area (Å²) in [6.07, 6.45) is 1.85. The van der Waals surface area contributed by atoms with Crippen LogP contribution < -0.4 is 5.32 Å². The van der Waals surface area contributed by atoms with Crippen LogP contribution in [-0.2, 0) is 17.8 Å². The number of carbonyl (C=O) groups is 2. The summed E-state index contributed by atoms with van der Waals surface area (Å²) in [5, 5.41) is 11.9. The highest BCUT2D eigenvalue weighted by molar-refractivity contribution is 6.00. The lowest BCUT2D eigenvalue weighted by molar-refractivity contribution is -0.121. The third-order valence-corrected chi connectivity index (χ3v) is 4.80. The SMILES string of the molecule is N#Cc1cccc(NC(=O)[C@H]2Cc3ccccc3CN2C(=O)c2ccco2)c1. The van der Waals surface area contributed by atoms with Crippen LogP contribution in [-0.4, -0.2) is 22.8 Å². The molecule has 0 fully saturated rings. The minimum absolute atomic E-state index is 0.198. The summed E-state index contributed by atoms with van der Waals surface area (Å²) < 4.78 is 5.25. The molecule has 2 aromatic carbocycles. The summed E-state index contributed by atoms with van der Waals surface area (Å²) >= 11 is 0. The lowest BCUT2D eigenvalue weighted by Crippen LogP contribution is -2.50. The molecule has 28 heavy (non-hydrogen) atoms. The van der Waals surface area contributed by atoms with Crippen LogP contribution in [0.25, 0.3) is 0 Å². The van der Waals surface area contributed by atoms with Crippen LogP contribution in [0, 0.1) is 11.3 Å². The molecule has 0 bridgehead atoms. The Morgan fingerprint density at radius 2 is 1.89 bits per heavy atom. The predicted molar refractivity (Wildman–Crippen MR) is 102 cm³/mol. The number of nitriles is 1. The van der Waals surface area contributed by atoms with Crippen LogP contribution in [0.4, 0.5) is 5.69 Å². The number of rotatable bonds is 3. The largest absolute Gasteiger partial charge is 0.459 e. The van der Waals surface area contributed by atoms with Gasteiger partial charge in [-0.15, -0.1) is 0 Å². The van der Waals surface area contributed by atoms with Crippen LogP contribution in [0.2, 0.25) is 0 Å². The van der Waals surface area contributed by atoms with Crippen LogP contribution >= 0.6 is 0 Å². The summed E-state index contributed by atoms with van der Waals surface area (Å²) in [4.78, 5) is 27.5. The van der Waals surface area contributed by atoms with Crippen LogP contribution in [0.1, 0.15) is 27.2 Å². The molecule has 0 aliphatic carbocycles. The average molecular weight is 371 g/mol. The highest BCUT2D eigenvalue weighted by Gasteiger charge is 2.36. The monoisotopic (exact) mass is 371 g/mol. The number of amides is 2. The Morgan fingerprint density at radius 1 is 1.07 bits per heavy atom. The van der Waals surface area contributed by atoms with E-state index in [9.17, 15) is 9.59 Å². The van der Waals surface area contributed by atoms with E-state index < -0.39 is 6.04 Å². The molecule has 6 heteroatoms. The van der Waals surface area contributed by atoms with E-state index in [4.69, 9.17) is 9.68 Å². The fourth-order valence-electron chi connectivity index (χ4n) is 3.40. The second-order valence-corrected chi connectivity index (χ2v) is 6.58. The van der Waals surface area contributed by atoms with Gasteiger partial charge < -0.3 is 14.6 Å². The van der Waals surface area contributed by atoms with Crippen molar-refractivity contribution in [2.75, 3.05) is 5.32 Å². The second kappa shape index (κ2) is 7.41. The van der Waals surface area contributed by atoms with Crippen molar-refractivity contribution in [3.8, 4) is 6.07 Å². The normalized spacial score (nSPS) is 15.4. The molecular formula is C22H17N3O3. The number of anilines is 1. The molecule has 1 aliphatic rings. The van der Waals surface area contributed by atoms with Gasteiger partial charge in [-0.05, 0) is 41.5 Å². The molecule has 1 aliphatic heterocycles. The van der Waals surface area contributed by atoms with E-state index in [1.165, 1.54) is 11.2 Å². The molecule has 3 aromatic rings. The first kappa shape index (κ1) is 17.6. The summed E-state index contributed by atoms with van der Waals surface area (Å²) in [5.41, 5.74) is 3.03. The number of nitrogens with zero attached hydrogens (tertiary/aromatic N) is 2. The van der Waals surface area contributed by atoms with Crippen molar-refractivity contribution in [1.29, 1.82) is 5.26 Å². The van der Waals surface area contributed by atoms with E-state index in [-0.39, 0.29) is 17.6 Å². The molecule has 138 valence electrons. The van der Waals surface area contributed by atoms with Crippen LogP contribution in [0.5, 0.6) is 0 Å². The topological polar surface area (TPSA) is 86.3 Å². The molecule has 1 N–H and O–H groups in total. The van der Waals surface area contributed by atoms with Crippen molar-refractivity contribution in [3.05, 3.63) is 89.4 Å². The summed E-state index contributed by atoms with van der Waals surface area (Å²) in [6.45, 7) is 0.325. The zero-order valence-electron chi connectivity index (χ0n) is 15.0. The Balaban J connectivity index is 1.64. The number of furan rings is 1. The van der Waals surface area contributed by atoms with Gasteiger partial charge in [0.2, 0.25) is 5.91 Å². The first-order valence-corrected chi connectivity index (χ1v) is 8.88. The standard InChI is InChI=1S/C22H17N3O3/c23-13-15-5-3-8-18(11-15)24-21(26)19-12-16-6-1-2-7-17(16)14-25(19)22(27)20-9-4-10-28-20/h1-11,19H,12,14H2,(H,24,26)/t19-/m1/s1. The van der Waals surface area contributed by atoms with Gasteiger partial charge in [0, 0.05) is 18.7 Å². The van der Waals surface area contributed by atoms with Gasteiger partial charge in [-0.2, -0.15) is 5.26 Å². The highest BCUT2D eigenvalue weighted by Crippen LogP contribution is 2.26. The van der Waals surface area contributed by atoms with Gasteiger partial charge in [-0.1, -0.05) is 30.3 Å². The van der Waals surface area contributed by atoms with E-state index in [0.29, 0.717) is 24.2 Å². The van der Waals surface area contributed by atoms with E-state index in [2.05, 4.69) is 11.4 Å². The van der Waals surface area contributed by atoms with Crippen molar-refractivity contribution in [2.24, 2.45) is 0 Å². The van der Waals surface area contributed by atoms with Crippen LogP contribution in [0.15, 0.2) is 71.3 Å². The van der Waals surface area contributed by atoms with Gasteiger partial charge in [0.05, 0.1) is 17.9 Å². The van der Waals surface area contributed by atoms with Gasteiger partial charge in [0.25, 0.3) is 5.91 Å². The summed E-state index contributed by atoms with van der Waals surface area (Å²) in [7, 11) is 0. The number of hydrogen-bond donors (Lipinski definition) is 1. The van der Waals surface area contributed by atoms with E-state index in [0.717, 1.165) is 11.1 Å². The molecular weight excluding hydrogens is 354 g/mol. The Bertz CT molecular complexity index is 1070. The van der Waals surface area contributed by atoms with Gasteiger partial charge in [-0.3, -0.25) is 9.59 Å². The van der Waals surface area contributed by atoms with Crippen molar-refractivity contribution < 1.29 is 14.0 Å². The van der Waals surface area contributed by atoms with Gasteiger partial charge in [0.1, 0.15) is 6.04 Å². The van der Waals surface area contributed by atoms with Crippen molar-refractivity contribution in [2.45, 2.75) is 19.0 Å². The lowest BCUT2D eigenvalue weighted by Gasteiger charge is -2.35. The number of hydrogen-bond acceptors (Lipinski definition) is 4. The molecule has 1 aromatic heterocycles. The maximum absolute atomic E-state index is 13.0. The maximum atomic E-state index is 13.0. The smallest absolute Gasteiger partial charge is 0.290 e. The molecule has 0 saturated carbocycles. The first-order valence-electron chi connectivity index (χ1n) is 8.88. The quantitative estimate of drug-likeness (QED) is 0.765. The zero-order valence-corrected chi connectivity index (χ0v) is 15.0. The minimum Gasteiger partial charge on any atom is -0.459 e. The van der Waals surface area contributed by atoms with Crippen molar-refractivity contribution in [3.63, 3.8) is 0 Å². The molecule has 2 heterocycles. The molecule has 1 atom stereocenters. The molecule has 4 rings (SSSR count). The Morgan fingerprint density at radius 3 is 2.64 bits per heavy atom. The fraction of sp³-hybridized carbons (Fsp3) is 0.136. The molecule has 0 saturated heterocycles. The molecule has 0 radical (unpaired) electrons. The molecule has 6 nitrogen and oxygen atoms in total. The van der Waals surface area contributed by atoms with Crippen molar-refractivity contribution >= 4 is 17.5 Å². The summed E-state index contributed by atoms with van der Waals surface area (Å²) in [6, 6.07) is 19.1. The van der Waals surface area contributed by atoms with E-state index in [1.54, 1.807) is 36.4 Å². The molecule has 2 amide bonds. The third-order valence-electron chi connectivity index (χ3n) is 4.80. The van der Waals surface area contributed by atoms with E-state index >= 15 is 0 Å². The van der Waals surface area contributed by atoms with E-state index in [1.807, 2.05) is 24.3 Å². The lowest BCUT2D eigenvalue weighted by atomic mass is 9.93. The fourth-order valence-corrected chi connectivity index (χ4v) is 3.40. The Kier molecular flexibility index (Phi) is 4.65. The minimum atomic E-state index is -0.682. The second-order valence-electron chi connectivity index (χ2n) is 6.58. The zero-order chi connectivity index (χ0) is 19.5. The van der Waals surface area contributed by atoms with Crippen molar-refractivity contribution in [1.82, 2.24) is 4.90 Å². The van der Waals surface area contributed by atoms with Gasteiger partial charge in [0.15, 0.2) is 5.76 Å². The van der Waals surface area contributed by atoms with Crippen LogP contribution in [0.3, 0.4) is 0 Å². The predicted octanol–water partition coefficient (Wildman–Crippen LogP) is 3.36. The van der Waals surface area contributed by atoms with Gasteiger partial charge in [-0.25, -0.2) is 0 Å². The number of benzene rings is 2. The third kappa shape index (κ3) is 3.38.